The first-order valence-corrected chi connectivity index (χ1v) is 11.4. The van der Waals surface area contributed by atoms with E-state index in [2.05, 4.69) is 0 Å². The number of hydrogen-bond donors (Lipinski definition) is 2. The van der Waals surface area contributed by atoms with Crippen LogP contribution >= 0.6 is 11.3 Å². The van der Waals surface area contributed by atoms with Gasteiger partial charge in [0.05, 0.1) is 4.90 Å². The molecule has 0 bridgehead atoms. The Bertz CT molecular complexity index is 1330. The van der Waals surface area contributed by atoms with Crippen molar-refractivity contribution in [3.8, 4) is 21.6 Å². The van der Waals surface area contributed by atoms with Gasteiger partial charge in [-0.3, -0.25) is 14.9 Å². The summed E-state index contributed by atoms with van der Waals surface area (Å²) in [7, 11) is -3.37. The Morgan fingerprint density at radius 3 is 2.03 bits per heavy atom. The third-order valence-electron chi connectivity index (χ3n) is 4.58. The summed E-state index contributed by atoms with van der Waals surface area (Å²) in [5.41, 5.74) is 1.84. The Kier molecular flexibility index (Phi) is 7.01. The molecule has 0 spiro atoms. The van der Waals surface area contributed by atoms with Crippen molar-refractivity contribution in [1.29, 1.82) is 0 Å². The number of carbonyl (C=O) groups is 2. The molecule has 0 saturated heterocycles. The van der Waals surface area contributed by atoms with Crippen LogP contribution in [0, 0.1) is 5.82 Å². The van der Waals surface area contributed by atoms with Crippen molar-refractivity contribution in [2.75, 3.05) is 6.26 Å². The first-order valence-electron chi connectivity index (χ1n) is 8.64. The Morgan fingerprint density at radius 1 is 0.935 bits per heavy atom. The van der Waals surface area contributed by atoms with Gasteiger partial charge in [-0.25, -0.2) is 12.8 Å². The van der Waals surface area contributed by atoms with Crippen molar-refractivity contribution in [1.82, 2.24) is 5.32 Å². The summed E-state index contributed by atoms with van der Waals surface area (Å²) in [6.07, 6.45) is 1.11. The summed E-state index contributed by atoms with van der Waals surface area (Å²) in [5.74, 6) is -2.64. The molecular weight excluding hydrogens is 468 g/mol. The fourth-order valence-corrected chi connectivity index (χ4v) is 4.96. The summed E-state index contributed by atoms with van der Waals surface area (Å²) < 4.78 is 36.9. The number of sulfone groups is 1. The number of nitrogens with one attached hydrogen (secondary N) is 1. The number of carbonyl (C=O) groups excluding carboxylic acids is 2. The van der Waals surface area contributed by atoms with Crippen molar-refractivity contribution < 1.29 is 78.9 Å². The van der Waals surface area contributed by atoms with Gasteiger partial charge in [0.25, 0.3) is 11.8 Å². The van der Waals surface area contributed by atoms with Gasteiger partial charge in [0, 0.05) is 21.6 Å². The minimum absolute atomic E-state index is 0. The van der Waals surface area contributed by atoms with E-state index in [1.165, 1.54) is 24.3 Å². The van der Waals surface area contributed by atoms with Gasteiger partial charge in [-0.05, 0) is 41.5 Å². The molecule has 6 nitrogen and oxygen atoms in total. The van der Waals surface area contributed by atoms with Gasteiger partial charge in [0.1, 0.15) is 11.4 Å². The second kappa shape index (κ2) is 9.06. The van der Waals surface area contributed by atoms with Gasteiger partial charge < -0.3 is 5.11 Å². The number of imide groups is 1. The molecule has 0 unspecified atom stereocenters. The van der Waals surface area contributed by atoms with Crippen LogP contribution in [0.4, 0.5) is 4.39 Å². The number of halogens is 1. The Hall–Kier alpha value is -1.66. The average molecular weight is 483 g/mol. The van der Waals surface area contributed by atoms with Crippen LogP contribution < -0.4 is 56.7 Å². The molecule has 3 aromatic rings. The number of aliphatic hydroxyl groups excluding tert-OH is 1. The minimum Gasteiger partial charge on any atom is -0.502 e. The second-order valence-corrected chi connectivity index (χ2v) is 9.73. The normalized spacial score (nSPS) is 13.9. The minimum atomic E-state index is -3.37. The SMILES string of the molecule is CS(=O)(=O)c1ccc(-c2cc(C3=C(O)C(=O)NC3=O)sc2-c2ccc(F)cc2)cc1.[K+]. The summed E-state index contributed by atoms with van der Waals surface area (Å²) in [4.78, 5) is 25.0. The molecule has 31 heavy (non-hydrogen) atoms. The molecule has 1 aliphatic heterocycles. The van der Waals surface area contributed by atoms with E-state index >= 15 is 0 Å². The van der Waals surface area contributed by atoms with E-state index in [0.29, 0.717) is 26.4 Å². The molecule has 0 radical (unpaired) electrons. The Morgan fingerprint density at radius 2 is 1.52 bits per heavy atom. The van der Waals surface area contributed by atoms with E-state index in [1.54, 1.807) is 30.3 Å². The number of benzene rings is 2. The van der Waals surface area contributed by atoms with Crippen molar-refractivity contribution >= 4 is 38.6 Å². The van der Waals surface area contributed by atoms with Crippen LogP contribution in [0.1, 0.15) is 4.88 Å². The molecule has 0 saturated carbocycles. The molecule has 0 atom stereocenters. The van der Waals surface area contributed by atoms with Crippen molar-refractivity contribution in [3.05, 3.63) is 71.1 Å². The zero-order valence-electron chi connectivity index (χ0n) is 16.5. The fraction of sp³-hybridized carbons (Fsp3) is 0.0476. The molecule has 1 aliphatic rings. The van der Waals surface area contributed by atoms with Gasteiger partial charge in [-0.2, -0.15) is 0 Å². The molecule has 0 fully saturated rings. The Labute approximate surface area is 224 Å². The topological polar surface area (TPSA) is 101 Å². The first-order chi connectivity index (χ1) is 14.1. The number of hydrogen-bond acceptors (Lipinski definition) is 6. The van der Waals surface area contributed by atoms with Crippen LogP contribution in [0.3, 0.4) is 0 Å². The van der Waals surface area contributed by atoms with Crippen molar-refractivity contribution in [3.63, 3.8) is 0 Å². The molecule has 2 aromatic carbocycles. The molecule has 0 aliphatic carbocycles. The van der Waals surface area contributed by atoms with E-state index in [4.69, 9.17) is 0 Å². The third kappa shape index (κ3) is 4.75. The van der Waals surface area contributed by atoms with Crippen molar-refractivity contribution in [2.45, 2.75) is 4.90 Å². The van der Waals surface area contributed by atoms with Gasteiger partial charge in [0.15, 0.2) is 15.6 Å². The second-order valence-electron chi connectivity index (χ2n) is 6.66. The summed E-state index contributed by atoms with van der Waals surface area (Å²) in [6.45, 7) is 0. The van der Waals surface area contributed by atoms with Crippen LogP contribution in [0.25, 0.3) is 27.1 Å². The van der Waals surface area contributed by atoms with Crippen LogP contribution in [0.5, 0.6) is 0 Å². The van der Waals surface area contributed by atoms with Gasteiger partial charge in [0.2, 0.25) is 0 Å². The maximum absolute atomic E-state index is 13.4. The number of amides is 2. The third-order valence-corrected chi connectivity index (χ3v) is 6.91. The van der Waals surface area contributed by atoms with Gasteiger partial charge in [-0.1, -0.05) is 24.3 Å². The maximum Gasteiger partial charge on any atom is 1.00 e. The smallest absolute Gasteiger partial charge is 0.502 e. The molecule has 2 amide bonds. The largest absolute Gasteiger partial charge is 1.00 e. The molecular formula is C21H14FKNO5S2+. The zero-order chi connectivity index (χ0) is 21.6. The van der Waals surface area contributed by atoms with E-state index in [1.807, 2.05) is 5.32 Å². The average Bonchev–Trinajstić information content (AvgIpc) is 3.22. The standard InChI is InChI=1S/C21H14FNO5S2.K/c1-30(27,28)14-8-4-11(5-9-14)15-10-16(17-18(24)21(26)23-20(17)25)29-19(15)12-2-6-13(22)7-3-12;/h2-10H,1H3,(H2,23,24,25,26);/q;+1. The summed E-state index contributed by atoms with van der Waals surface area (Å²) in [5, 5.41) is 12.1. The quantitative estimate of drug-likeness (QED) is 0.418. The first kappa shape index (κ1) is 24.0. The fourth-order valence-electron chi connectivity index (χ4n) is 3.10. The number of thiophene rings is 1. The monoisotopic (exact) mass is 482 g/mol. The van der Waals surface area contributed by atoms with Gasteiger partial charge in [-0.15, -0.1) is 11.3 Å². The predicted octanol–water partition coefficient (Wildman–Crippen LogP) is 0.554. The van der Waals surface area contributed by atoms with Crippen LogP contribution in [0.2, 0.25) is 0 Å². The molecule has 152 valence electrons. The van der Waals surface area contributed by atoms with E-state index < -0.39 is 33.2 Å². The van der Waals surface area contributed by atoms with E-state index in [9.17, 15) is 27.5 Å². The number of aliphatic hydroxyl groups is 1. The predicted molar refractivity (Wildman–Crippen MR) is 111 cm³/mol. The zero-order valence-corrected chi connectivity index (χ0v) is 21.2. The molecule has 10 heteroatoms. The molecule has 4 rings (SSSR count). The van der Waals surface area contributed by atoms with E-state index in [0.717, 1.165) is 17.6 Å². The van der Waals surface area contributed by atoms with Gasteiger partial charge >= 0.3 is 51.4 Å². The van der Waals surface area contributed by atoms with Crippen LogP contribution in [-0.4, -0.2) is 31.6 Å². The summed E-state index contributed by atoms with van der Waals surface area (Å²) >= 11 is 1.16. The maximum atomic E-state index is 13.4. The van der Waals surface area contributed by atoms with Crippen LogP contribution in [0.15, 0.2) is 65.3 Å². The van der Waals surface area contributed by atoms with Crippen molar-refractivity contribution in [2.24, 2.45) is 0 Å². The molecule has 2 N–H and O–H groups in total. The Balaban J connectivity index is 0.00000272. The molecule has 1 aromatic heterocycles. The molecule has 2 heterocycles. The number of rotatable bonds is 4. The van der Waals surface area contributed by atoms with Crippen LogP contribution in [-0.2, 0) is 19.4 Å². The van der Waals surface area contributed by atoms with E-state index in [-0.39, 0.29) is 61.9 Å². The summed E-state index contributed by atoms with van der Waals surface area (Å²) in [6, 6.07) is 13.6.